The zero-order chi connectivity index (χ0) is 18.7. The van der Waals surface area contributed by atoms with Crippen molar-refractivity contribution in [3.05, 3.63) is 64.7 Å². The summed E-state index contributed by atoms with van der Waals surface area (Å²) in [5.41, 5.74) is 3.78. The number of aliphatic carboxylic acids is 1. The average Bonchev–Trinajstić information content (AvgIpc) is 3.07. The molecule has 5 heteroatoms. The number of hydrogen-bond acceptors (Lipinski definition) is 3. The summed E-state index contributed by atoms with van der Waals surface area (Å²) >= 11 is 0. The van der Waals surface area contributed by atoms with Gasteiger partial charge in [0.05, 0.1) is 6.61 Å². The Labute approximate surface area is 153 Å². The minimum absolute atomic E-state index is 0.0130. The molecule has 0 saturated heterocycles. The number of aryl methyl sites for hydroxylation is 1. The van der Waals surface area contributed by atoms with Crippen molar-refractivity contribution in [2.75, 3.05) is 6.61 Å². The maximum absolute atomic E-state index is 12.5. The fourth-order valence-electron chi connectivity index (χ4n) is 3.42. The smallest absolute Gasteiger partial charge is 0.330 e. The van der Waals surface area contributed by atoms with E-state index < -0.39 is 12.0 Å². The van der Waals surface area contributed by atoms with Crippen molar-refractivity contribution in [3.8, 4) is 5.75 Å². The largest absolute Gasteiger partial charge is 0.493 e. The SMILES string of the molecule is Cc1ccccc1C(C)CC(=O)NC(C(=O)O)c1ccc2c(c1)CCO2. The van der Waals surface area contributed by atoms with E-state index in [1.165, 1.54) is 0 Å². The Kier molecular flexibility index (Phi) is 5.26. The fourth-order valence-corrected chi connectivity index (χ4v) is 3.42. The van der Waals surface area contributed by atoms with Crippen molar-refractivity contribution < 1.29 is 19.4 Å². The summed E-state index contributed by atoms with van der Waals surface area (Å²) in [5.74, 6) is -0.540. The number of hydrogen-bond donors (Lipinski definition) is 2. The Morgan fingerprint density at radius 1 is 1.23 bits per heavy atom. The first kappa shape index (κ1) is 18.0. The van der Waals surface area contributed by atoms with E-state index >= 15 is 0 Å². The topological polar surface area (TPSA) is 75.6 Å². The lowest BCUT2D eigenvalue weighted by atomic mass is 9.93. The van der Waals surface area contributed by atoms with Crippen LogP contribution >= 0.6 is 0 Å². The Hall–Kier alpha value is -2.82. The first-order valence-electron chi connectivity index (χ1n) is 8.79. The number of nitrogens with one attached hydrogen (secondary N) is 1. The molecule has 2 aromatic rings. The number of carbonyl (C=O) groups is 2. The zero-order valence-corrected chi connectivity index (χ0v) is 15.0. The van der Waals surface area contributed by atoms with E-state index in [9.17, 15) is 14.7 Å². The second-order valence-corrected chi connectivity index (χ2v) is 6.77. The summed E-state index contributed by atoms with van der Waals surface area (Å²) in [5, 5.41) is 12.2. The summed E-state index contributed by atoms with van der Waals surface area (Å²) in [6.07, 6.45) is 0.996. The van der Waals surface area contributed by atoms with Crippen LogP contribution in [0.2, 0.25) is 0 Å². The molecule has 136 valence electrons. The van der Waals surface area contributed by atoms with E-state index in [4.69, 9.17) is 4.74 Å². The molecule has 2 aromatic carbocycles. The zero-order valence-electron chi connectivity index (χ0n) is 15.0. The Morgan fingerprint density at radius 3 is 2.73 bits per heavy atom. The molecule has 0 saturated carbocycles. The van der Waals surface area contributed by atoms with Gasteiger partial charge in [0.25, 0.3) is 0 Å². The summed E-state index contributed by atoms with van der Waals surface area (Å²) in [4.78, 5) is 24.2. The molecule has 1 aliphatic rings. The number of benzene rings is 2. The lowest BCUT2D eigenvalue weighted by Gasteiger charge is -2.18. The highest BCUT2D eigenvalue weighted by Gasteiger charge is 2.25. The van der Waals surface area contributed by atoms with E-state index in [1.807, 2.05) is 44.2 Å². The molecule has 0 spiro atoms. The van der Waals surface area contributed by atoms with Gasteiger partial charge in [-0.1, -0.05) is 37.3 Å². The van der Waals surface area contributed by atoms with Crippen molar-refractivity contribution in [2.45, 2.75) is 38.6 Å². The first-order chi connectivity index (χ1) is 12.5. The third-order valence-electron chi connectivity index (χ3n) is 4.81. The maximum atomic E-state index is 12.5. The van der Waals surface area contributed by atoms with Crippen LogP contribution in [-0.4, -0.2) is 23.6 Å². The Bertz CT molecular complexity index is 831. The van der Waals surface area contributed by atoms with Crippen LogP contribution in [0.3, 0.4) is 0 Å². The third-order valence-corrected chi connectivity index (χ3v) is 4.81. The van der Waals surface area contributed by atoms with Crippen molar-refractivity contribution in [2.24, 2.45) is 0 Å². The highest BCUT2D eigenvalue weighted by atomic mass is 16.5. The molecule has 0 aliphatic carbocycles. The van der Waals surface area contributed by atoms with Gasteiger partial charge < -0.3 is 15.2 Å². The molecule has 0 bridgehead atoms. The monoisotopic (exact) mass is 353 g/mol. The second-order valence-electron chi connectivity index (χ2n) is 6.77. The molecule has 1 aliphatic heterocycles. The molecule has 0 fully saturated rings. The van der Waals surface area contributed by atoms with E-state index in [2.05, 4.69) is 5.32 Å². The van der Waals surface area contributed by atoms with Crippen LogP contribution in [0.5, 0.6) is 5.75 Å². The highest BCUT2D eigenvalue weighted by Crippen LogP contribution is 2.29. The molecule has 1 amide bonds. The molecule has 2 atom stereocenters. The van der Waals surface area contributed by atoms with Gasteiger partial charge >= 0.3 is 5.97 Å². The maximum Gasteiger partial charge on any atom is 0.330 e. The highest BCUT2D eigenvalue weighted by molar-refractivity contribution is 5.85. The molecule has 1 heterocycles. The van der Waals surface area contributed by atoms with Crippen LogP contribution in [0.4, 0.5) is 0 Å². The molecule has 26 heavy (non-hydrogen) atoms. The number of carboxylic acid groups (broad SMARTS) is 1. The van der Waals surface area contributed by atoms with Crippen LogP contribution in [0.25, 0.3) is 0 Å². The van der Waals surface area contributed by atoms with Crippen LogP contribution in [0.15, 0.2) is 42.5 Å². The summed E-state index contributed by atoms with van der Waals surface area (Å²) in [6, 6.07) is 12.2. The Morgan fingerprint density at radius 2 is 2.00 bits per heavy atom. The Balaban J connectivity index is 1.71. The van der Waals surface area contributed by atoms with Crippen LogP contribution in [0.1, 0.15) is 47.6 Å². The van der Waals surface area contributed by atoms with Gasteiger partial charge in [-0.25, -0.2) is 4.79 Å². The molecule has 0 radical (unpaired) electrons. The van der Waals surface area contributed by atoms with Crippen LogP contribution in [0, 0.1) is 6.92 Å². The van der Waals surface area contributed by atoms with Gasteiger partial charge in [0, 0.05) is 12.8 Å². The molecule has 3 rings (SSSR count). The standard InChI is InChI=1S/C21H23NO4/c1-13-5-3-4-6-17(13)14(2)11-19(23)22-20(21(24)25)16-7-8-18-15(12-16)9-10-26-18/h3-8,12,14,20H,9-11H2,1-2H3,(H,22,23)(H,24,25). The lowest BCUT2D eigenvalue weighted by molar-refractivity contribution is -0.142. The quantitative estimate of drug-likeness (QED) is 0.835. The lowest BCUT2D eigenvalue weighted by Crippen LogP contribution is -2.34. The number of ether oxygens (including phenoxy) is 1. The van der Waals surface area contributed by atoms with Crippen LogP contribution < -0.4 is 10.1 Å². The first-order valence-corrected chi connectivity index (χ1v) is 8.79. The number of carbonyl (C=O) groups excluding carboxylic acids is 1. The summed E-state index contributed by atoms with van der Waals surface area (Å²) < 4.78 is 5.45. The number of amides is 1. The van der Waals surface area contributed by atoms with E-state index in [0.717, 1.165) is 28.9 Å². The molecule has 2 unspecified atom stereocenters. The minimum atomic E-state index is -1.07. The minimum Gasteiger partial charge on any atom is -0.493 e. The fraction of sp³-hybridized carbons (Fsp3) is 0.333. The third kappa shape index (κ3) is 3.87. The number of fused-ring (bicyclic) bond motifs is 1. The second kappa shape index (κ2) is 7.60. The van der Waals surface area contributed by atoms with E-state index in [0.29, 0.717) is 12.2 Å². The summed E-state index contributed by atoms with van der Waals surface area (Å²) in [7, 11) is 0. The molecular weight excluding hydrogens is 330 g/mol. The van der Waals surface area contributed by atoms with Gasteiger partial charge in [0.2, 0.25) is 5.91 Å². The van der Waals surface area contributed by atoms with Crippen molar-refractivity contribution in [1.82, 2.24) is 5.32 Å². The van der Waals surface area contributed by atoms with Gasteiger partial charge in [-0.2, -0.15) is 0 Å². The predicted octanol–water partition coefficient (Wildman–Crippen LogP) is 3.37. The van der Waals surface area contributed by atoms with Crippen molar-refractivity contribution in [3.63, 3.8) is 0 Å². The predicted molar refractivity (Wildman–Crippen MR) is 98.4 cm³/mol. The van der Waals surface area contributed by atoms with Gasteiger partial charge in [-0.3, -0.25) is 4.79 Å². The molecule has 5 nitrogen and oxygen atoms in total. The number of rotatable bonds is 6. The van der Waals surface area contributed by atoms with Gasteiger partial charge in [-0.15, -0.1) is 0 Å². The van der Waals surface area contributed by atoms with Crippen LogP contribution in [-0.2, 0) is 16.0 Å². The molecule has 0 aromatic heterocycles. The van der Waals surface area contributed by atoms with Crippen molar-refractivity contribution in [1.29, 1.82) is 0 Å². The average molecular weight is 353 g/mol. The summed E-state index contributed by atoms with van der Waals surface area (Å²) in [6.45, 7) is 4.59. The van der Waals surface area contributed by atoms with E-state index in [-0.39, 0.29) is 18.2 Å². The van der Waals surface area contributed by atoms with Gasteiger partial charge in [0.15, 0.2) is 6.04 Å². The van der Waals surface area contributed by atoms with Crippen molar-refractivity contribution >= 4 is 11.9 Å². The van der Waals surface area contributed by atoms with E-state index in [1.54, 1.807) is 12.1 Å². The number of carboxylic acids is 1. The molecule has 2 N–H and O–H groups in total. The normalized spacial score (nSPS) is 14.8. The van der Waals surface area contributed by atoms with Gasteiger partial charge in [-0.05, 0) is 47.2 Å². The van der Waals surface area contributed by atoms with Gasteiger partial charge in [0.1, 0.15) is 5.75 Å². The molecular formula is C21H23NO4.